The van der Waals surface area contributed by atoms with Crippen molar-refractivity contribution < 1.29 is 31.4 Å². The lowest BCUT2D eigenvalue weighted by Crippen LogP contribution is -2.47. The zero-order valence-corrected chi connectivity index (χ0v) is 23.7. The van der Waals surface area contributed by atoms with Crippen LogP contribution < -0.4 is 14.8 Å². The minimum absolute atomic E-state index is 0.00233. The number of piperidine rings is 1. The van der Waals surface area contributed by atoms with Crippen LogP contribution >= 0.6 is 15.9 Å². The van der Waals surface area contributed by atoms with Gasteiger partial charge in [0.15, 0.2) is 0 Å². The topological polar surface area (TPSA) is 134 Å². The molecule has 2 fully saturated rings. The number of sulfonamides is 2. The molecular weight excluding hydrogens is 586 g/mol. The Bertz CT molecular complexity index is 1280. The highest BCUT2D eigenvalue weighted by molar-refractivity contribution is 9.10. The molecule has 0 amide bonds. The number of aliphatic hydroxyl groups excluding tert-OH is 1. The first-order valence-corrected chi connectivity index (χ1v) is 15.7. The normalized spacial score (nSPS) is 21.2. The molecular formula is C24H32BrN3O7S2. The van der Waals surface area contributed by atoms with E-state index >= 15 is 0 Å². The highest BCUT2D eigenvalue weighted by atomic mass is 79.9. The smallest absolute Gasteiger partial charge is 0.243 e. The molecule has 2 atom stereocenters. The van der Waals surface area contributed by atoms with Crippen molar-refractivity contribution >= 4 is 36.0 Å². The van der Waals surface area contributed by atoms with Crippen molar-refractivity contribution in [3.05, 3.63) is 53.0 Å². The number of ether oxygens (including phenoxy) is 2. The lowest BCUT2D eigenvalue weighted by molar-refractivity contribution is -0.0312. The molecule has 1 spiro atoms. The molecule has 204 valence electrons. The Balaban J connectivity index is 1.22. The summed E-state index contributed by atoms with van der Waals surface area (Å²) in [7, 11) is -5.79. The van der Waals surface area contributed by atoms with E-state index in [-0.39, 0.29) is 34.6 Å². The molecule has 2 aliphatic heterocycles. The van der Waals surface area contributed by atoms with E-state index in [0.29, 0.717) is 38.3 Å². The van der Waals surface area contributed by atoms with Crippen molar-refractivity contribution in [2.45, 2.75) is 46.8 Å². The summed E-state index contributed by atoms with van der Waals surface area (Å²) in [4.78, 5) is 0.370. The largest absolute Gasteiger partial charge is 0.491 e. The molecule has 2 aromatic carbocycles. The second-order valence-corrected chi connectivity index (χ2v) is 14.0. The van der Waals surface area contributed by atoms with Crippen LogP contribution in [0.25, 0.3) is 0 Å². The standard InChI is InChI=1S/C24H32BrN3O7S2/c1-26-36(30,31)23-4-2-3-21(13-23)34-17-20(29)15-27-19-14-24(35-16-19)9-11-28(12-10-24)37(32,33)22-7-5-18(25)6-8-22/h2-8,13,19-20,26-27,29H,9-12,14-17H2,1H3/t19?,20-/m0/s1. The lowest BCUT2D eigenvalue weighted by atomic mass is 9.88. The Kier molecular flexibility index (Phi) is 8.96. The summed E-state index contributed by atoms with van der Waals surface area (Å²) < 4.78 is 66.1. The highest BCUT2D eigenvalue weighted by Gasteiger charge is 2.44. The predicted molar refractivity (Wildman–Crippen MR) is 141 cm³/mol. The van der Waals surface area contributed by atoms with Crippen LogP contribution in [0.3, 0.4) is 0 Å². The van der Waals surface area contributed by atoms with Crippen LogP contribution in [0.5, 0.6) is 5.75 Å². The van der Waals surface area contributed by atoms with E-state index in [1.807, 2.05) is 0 Å². The number of rotatable bonds is 10. The third-order valence-electron chi connectivity index (χ3n) is 6.76. The van der Waals surface area contributed by atoms with Gasteiger partial charge in [-0.3, -0.25) is 0 Å². The molecule has 37 heavy (non-hydrogen) atoms. The molecule has 13 heteroatoms. The van der Waals surface area contributed by atoms with Crippen LogP contribution in [-0.2, 0) is 24.8 Å². The first-order chi connectivity index (χ1) is 17.5. The minimum atomic E-state index is -3.58. The van der Waals surface area contributed by atoms with Crippen molar-refractivity contribution in [3.63, 3.8) is 0 Å². The van der Waals surface area contributed by atoms with E-state index in [1.165, 1.54) is 23.5 Å². The van der Waals surface area contributed by atoms with Crippen LogP contribution in [0.15, 0.2) is 62.8 Å². The Labute approximate surface area is 226 Å². The Morgan fingerprint density at radius 1 is 1.14 bits per heavy atom. The van der Waals surface area contributed by atoms with Crippen molar-refractivity contribution in [2.75, 3.05) is 39.9 Å². The molecule has 3 N–H and O–H groups in total. The van der Waals surface area contributed by atoms with Gasteiger partial charge in [-0.1, -0.05) is 22.0 Å². The summed E-state index contributed by atoms with van der Waals surface area (Å²) in [5.41, 5.74) is -0.371. The van der Waals surface area contributed by atoms with Gasteiger partial charge in [0, 0.05) is 36.2 Å². The first kappa shape index (κ1) is 28.4. The molecule has 1 unspecified atom stereocenters. The second kappa shape index (κ2) is 11.7. The fourth-order valence-electron chi connectivity index (χ4n) is 4.62. The second-order valence-electron chi connectivity index (χ2n) is 9.31. The van der Waals surface area contributed by atoms with Crippen LogP contribution in [0.2, 0.25) is 0 Å². The quantitative estimate of drug-likeness (QED) is 0.367. The van der Waals surface area contributed by atoms with Gasteiger partial charge in [-0.15, -0.1) is 0 Å². The van der Waals surface area contributed by atoms with Gasteiger partial charge in [0.1, 0.15) is 18.5 Å². The molecule has 0 saturated carbocycles. The van der Waals surface area contributed by atoms with Gasteiger partial charge >= 0.3 is 0 Å². The molecule has 10 nitrogen and oxygen atoms in total. The van der Waals surface area contributed by atoms with Crippen molar-refractivity contribution in [3.8, 4) is 5.75 Å². The van der Waals surface area contributed by atoms with Crippen LogP contribution in [-0.4, -0.2) is 83.9 Å². The number of nitrogens with one attached hydrogen (secondary N) is 2. The average molecular weight is 619 g/mol. The molecule has 0 aliphatic carbocycles. The number of hydrogen-bond acceptors (Lipinski definition) is 8. The molecule has 0 radical (unpaired) electrons. The van der Waals surface area contributed by atoms with E-state index in [0.717, 1.165) is 10.9 Å². The van der Waals surface area contributed by atoms with Gasteiger partial charge in [0.2, 0.25) is 20.0 Å². The predicted octanol–water partition coefficient (Wildman–Crippen LogP) is 1.70. The Hall–Kier alpha value is -1.58. The summed E-state index contributed by atoms with van der Waals surface area (Å²) in [6.45, 7) is 1.55. The SMILES string of the molecule is CNS(=O)(=O)c1cccc(OC[C@@H](O)CNC2COC3(CCN(S(=O)(=O)c4ccc(Br)cc4)CC3)C2)c1. The van der Waals surface area contributed by atoms with Crippen molar-refractivity contribution in [1.82, 2.24) is 14.3 Å². The molecule has 0 aromatic heterocycles. The van der Waals surface area contributed by atoms with Crippen LogP contribution in [0.4, 0.5) is 0 Å². The maximum absolute atomic E-state index is 13.0. The van der Waals surface area contributed by atoms with E-state index < -0.39 is 26.2 Å². The van der Waals surface area contributed by atoms with E-state index in [4.69, 9.17) is 9.47 Å². The van der Waals surface area contributed by atoms with E-state index in [2.05, 4.69) is 26.0 Å². The fraction of sp³-hybridized carbons (Fsp3) is 0.500. The Morgan fingerprint density at radius 2 is 1.84 bits per heavy atom. The fourth-order valence-corrected chi connectivity index (χ4v) is 7.09. The van der Waals surface area contributed by atoms with Crippen LogP contribution in [0, 0.1) is 0 Å². The number of hydrogen-bond donors (Lipinski definition) is 3. The maximum atomic E-state index is 13.0. The maximum Gasteiger partial charge on any atom is 0.243 e. The molecule has 2 heterocycles. The van der Waals surface area contributed by atoms with E-state index in [1.54, 1.807) is 36.4 Å². The van der Waals surface area contributed by atoms with Gasteiger partial charge < -0.3 is 19.9 Å². The van der Waals surface area contributed by atoms with Gasteiger partial charge in [0.25, 0.3) is 0 Å². The monoisotopic (exact) mass is 617 g/mol. The first-order valence-electron chi connectivity index (χ1n) is 12.0. The zero-order valence-electron chi connectivity index (χ0n) is 20.5. The lowest BCUT2D eigenvalue weighted by Gasteiger charge is -2.38. The van der Waals surface area contributed by atoms with Gasteiger partial charge in [-0.2, -0.15) is 4.31 Å². The zero-order chi connectivity index (χ0) is 26.7. The highest BCUT2D eigenvalue weighted by Crippen LogP contribution is 2.37. The van der Waals surface area contributed by atoms with Gasteiger partial charge in [-0.05, 0) is 62.7 Å². The third kappa shape index (κ3) is 6.90. The Morgan fingerprint density at radius 3 is 2.51 bits per heavy atom. The van der Waals surface area contributed by atoms with Crippen LogP contribution in [0.1, 0.15) is 19.3 Å². The van der Waals surface area contributed by atoms with Gasteiger partial charge in [-0.25, -0.2) is 21.6 Å². The minimum Gasteiger partial charge on any atom is -0.491 e. The molecule has 2 aliphatic rings. The van der Waals surface area contributed by atoms with E-state index in [9.17, 15) is 21.9 Å². The summed E-state index contributed by atoms with van der Waals surface area (Å²) >= 11 is 3.33. The number of benzene rings is 2. The summed E-state index contributed by atoms with van der Waals surface area (Å²) in [6, 6.07) is 12.8. The average Bonchev–Trinajstić information content (AvgIpc) is 3.29. The van der Waals surface area contributed by atoms with Crippen molar-refractivity contribution in [1.29, 1.82) is 0 Å². The third-order valence-corrected chi connectivity index (χ3v) is 10.6. The summed E-state index contributed by atoms with van der Waals surface area (Å²) in [5.74, 6) is 0.350. The van der Waals surface area contributed by atoms with Gasteiger partial charge in [0.05, 0.1) is 22.0 Å². The number of halogens is 1. The summed E-state index contributed by atoms with van der Waals surface area (Å²) in [5, 5.41) is 13.7. The number of aliphatic hydroxyl groups is 1. The molecule has 0 bridgehead atoms. The molecule has 2 saturated heterocycles. The molecule has 2 aromatic rings. The summed E-state index contributed by atoms with van der Waals surface area (Å²) in [6.07, 6.45) is 1.15. The molecule has 4 rings (SSSR count). The van der Waals surface area contributed by atoms with Crippen molar-refractivity contribution in [2.24, 2.45) is 0 Å². The number of nitrogens with zero attached hydrogens (tertiary/aromatic N) is 1.